The predicted octanol–water partition coefficient (Wildman–Crippen LogP) is 1.10. The van der Waals surface area contributed by atoms with Crippen LogP contribution in [0, 0.1) is 6.92 Å². The highest BCUT2D eigenvalue weighted by molar-refractivity contribution is 5.89. The highest BCUT2D eigenvalue weighted by Crippen LogP contribution is 2.14. The Kier molecular flexibility index (Phi) is 3.76. The molecule has 1 aliphatic heterocycles. The second-order valence-electron chi connectivity index (χ2n) is 4.49. The Morgan fingerprint density at radius 1 is 1.41 bits per heavy atom. The van der Waals surface area contributed by atoms with Crippen LogP contribution in [0.3, 0.4) is 0 Å². The highest BCUT2D eigenvalue weighted by atomic mass is 16.4. The lowest BCUT2D eigenvalue weighted by atomic mass is 10.0. The minimum Gasteiger partial charge on any atom is -0.478 e. The molecule has 0 radical (unpaired) electrons. The molecule has 0 saturated carbocycles. The van der Waals surface area contributed by atoms with Crippen LogP contribution in [0.15, 0.2) is 18.2 Å². The standard InChI is InChI=1S/C13H18N2O2/c1-10-2-3-11(12(8-10)13(16)17)9-15-6-4-14-5-7-15/h2-3,8,14H,4-7,9H2,1H3,(H,16,17). The van der Waals surface area contributed by atoms with Crippen LogP contribution < -0.4 is 5.32 Å². The van der Waals surface area contributed by atoms with Crippen molar-refractivity contribution in [3.05, 3.63) is 34.9 Å². The first-order chi connectivity index (χ1) is 8.16. The summed E-state index contributed by atoms with van der Waals surface area (Å²) >= 11 is 0. The molecule has 2 N–H and O–H groups in total. The molecule has 2 rings (SSSR count). The number of aryl methyl sites for hydroxylation is 1. The van der Waals surface area contributed by atoms with Gasteiger partial charge in [-0.3, -0.25) is 4.90 Å². The fourth-order valence-corrected chi connectivity index (χ4v) is 2.14. The van der Waals surface area contributed by atoms with Gasteiger partial charge in [0.15, 0.2) is 0 Å². The Labute approximate surface area is 101 Å². The van der Waals surface area contributed by atoms with Crippen LogP contribution in [0.2, 0.25) is 0 Å². The monoisotopic (exact) mass is 234 g/mol. The van der Waals surface area contributed by atoms with E-state index in [2.05, 4.69) is 10.2 Å². The molecule has 0 unspecified atom stereocenters. The van der Waals surface area contributed by atoms with Gasteiger partial charge in [-0.2, -0.15) is 0 Å². The average Bonchev–Trinajstić information content (AvgIpc) is 2.32. The van der Waals surface area contributed by atoms with Gasteiger partial charge in [0.05, 0.1) is 5.56 Å². The number of nitrogens with one attached hydrogen (secondary N) is 1. The Bertz CT molecular complexity index is 412. The molecule has 1 aromatic carbocycles. The summed E-state index contributed by atoms with van der Waals surface area (Å²) in [5.41, 5.74) is 2.33. The quantitative estimate of drug-likeness (QED) is 0.822. The van der Waals surface area contributed by atoms with Crippen LogP contribution in [0.5, 0.6) is 0 Å². The lowest BCUT2D eigenvalue weighted by molar-refractivity contribution is 0.0694. The van der Waals surface area contributed by atoms with E-state index < -0.39 is 5.97 Å². The lowest BCUT2D eigenvalue weighted by Crippen LogP contribution is -2.43. The number of carboxylic acids is 1. The van der Waals surface area contributed by atoms with Crippen molar-refractivity contribution >= 4 is 5.97 Å². The van der Waals surface area contributed by atoms with Gasteiger partial charge in [-0.1, -0.05) is 17.7 Å². The number of piperazine rings is 1. The molecule has 0 spiro atoms. The smallest absolute Gasteiger partial charge is 0.336 e. The lowest BCUT2D eigenvalue weighted by Gasteiger charge is -2.27. The Morgan fingerprint density at radius 2 is 2.12 bits per heavy atom. The SMILES string of the molecule is Cc1ccc(CN2CCNCC2)c(C(=O)O)c1. The van der Waals surface area contributed by atoms with Crippen molar-refractivity contribution in [1.29, 1.82) is 0 Å². The van der Waals surface area contributed by atoms with E-state index in [4.69, 9.17) is 0 Å². The van der Waals surface area contributed by atoms with Crippen molar-refractivity contribution in [3.63, 3.8) is 0 Å². The van der Waals surface area contributed by atoms with Crippen LogP contribution >= 0.6 is 0 Å². The van der Waals surface area contributed by atoms with Crippen molar-refractivity contribution in [2.24, 2.45) is 0 Å². The zero-order chi connectivity index (χ0) is 12.3. The van der Waals surface area contributed by atoms with Crippen LogP contribution in [-0.4, -0.2) is 42.2 Å². The fraction of sp³-hybridized carbons (Fsp3) is 0.462. The molecule has 1 aromatic rings. The zero-order valence-electron chi connectivity index (χ0n) is 10.1. The Hall–Kier alpha value is -1.39. The van der Waals surface area contributed by atoms with Gasteiger partial charge in [-0.15, -0.1) is 0 Å². The molecule has 92 valence electrons. The summed E-state index contributed by atoms with van der Waals surface area (Å²) in [7, 11) is 0. The molecular weight excluding hydrogens is 216 g/mol. The van der Waals surface area contributed by atoms with E-state index in [1.807, 2.05) is 19.1 Å². The van der Waals surface area contributed by atoms with Gasteiger partial charge in [-0.05, 0) is 18.6 Å². The Morgan fingerprint density at radius 3 is 2.76 bits per heavy atom. The van der Waals surface area contributed by atoms with E-state index in [-0.39, 0.29) is 0 Å². The van der Waals surface area contributed by atoms with E-state index >= 15 is 0 Å². The largest absolute Gasteiger partial charge is 0.478 e. The molecule has 0 atom stereocenters. The topological polar surface area (TPSA) is 52.6 Å². The molecule has 1 fully saturated rings. The van der Waals surface area contributed by atoms with Crippen LogP contribution in [0.25, 0.3) is 0 Å². The van der Waals surface area contributed by atoms with E-state index in [0.29, 0.717) is 5.56 Å². The summed E-state index contributed by atoms with van der Waals surface area (Å²) in [5.74, 6) is -0.834. The Balaban J connectivity index is 2.16. The first-order valence-electron chi connectivity index (χ1n) is 5.93. The number of carboxylic acid groups (broad SMARTS) is 1. The molecule has 0 amide bonds. The molecule has 17 heavy (non-hydrogen) atoms. The molecule has 0 aromatic heterocycles. The second kappa shape index (κ2) is 5.29. The molecule has 4 nitrogen and oxygen atoms in total. The fourth-order valence-electron chi connectivity index (χ4n) is 2.14. The molecule has 0 bridgehead atoms. The summed E-state index contributed by atoms with van der Waals surface area (Å²) in [6, 6.07) is 5.66. The summed E-state index contributed by atoms with van der Waals surface area (Å²) in [6.07, 6.45) is 0. The van der Waals surface area contributed by atoms with E-state index in [1.54, 1.807) is 6.07 Å². The van der Waals surface area contributed by atoms with Crippen molar-refractivity contribution in [3.8, 4) is 0 Å². The van der Waals surface area contributed by atoms with Gasteiger partial charge in [-0.25, -0.2) is 4.79 Å². The number of carbonyl (C=O) groups is 1. The molecule has 0 aliphatic carbocycles. The minimum absolute atomic E-state index is 0.434. The number of hydrogen-bond donors (Lipinski definition) is 2. The summed E-state index contributed by atoms with van der Waals surface area (Å²) < 4.78 is 0. The highest BCUT2D eigenvalue weighted by Gasteiger charge is 2.15. The second-order valence-corrected chi connectivity index (χ2v) is 4.49. The van der Waals surface area contributed by atoms with Crippen LogP contribution in [0.4, 0.5) is 0 Å². The summed E-state index contributed by atoms with van der Waals surface area (Å²) in [4.78, 5) is 13.5. The van der Waals surface area contributed by atoms with Gasteiger partial charge >= 0.3 is 5.97 Å². The zero-order valence-corrected chi connectivity index (χ0v) is 10.1. The average molecular weight is 234 g/mol. The number of hydrogen-bond acceptors (Lipinski definition) is 3. The van der Waals surface area contributed by atoms with Crippen molar-refractivity contribution in [2.45, 2.75) is 13.5 Å². The maximum Gasteiger partial charge on any atom is 0.336 e. The van der Waals surface area contributed by atoms with Crippen molar-refractivity contribution in [1.82, 2.24) is 10.2 Å². The number of nitrogens with zero attached hydrogens (tertiary/aromatic N) is 1. The maximum absolute atomic E-state index is 11.2. The van der Waals surface area contributed by atoms with E-state index in [9.17, 15) is 9.90 Å². The maximum atomic E-state index is 11.2. The van der Waals surface area contributed by atoms with Crippen molar-refractivity contribution in [2.75, 3.05) is 26.2 Å². The van der Waals surface area contributed by atoms with E-state index in [0.717, 1.165) is 43.9 Å². The van der Waals surface area contributed by atoms with Gasteiger partial charge in [0.25, 0.3) is 0 Å². The third-order valence-electron chi connectivity index (χ3n) is 3.10. The first kappa shape index (κ1) is 12.1. The molecule has 1 heterocycles. The molecule has 1 aliphatic rings. The predicted molar refractivity (Wildman–Crippen MR) is 66.3 cm³/mol. The molecule has 4 heteroatoms. The molecule has 1 saturated heterocycles. The third kappa shape index (κ3) is 3.05. The van der Waals surface area contributed by atoms with Gasteiger partial charge < -0.3 is 10.4 Å². The van der Waals surface area contributed by atoms with Gasteiger partial charge in [0, 0.05) is 32.7 Å². The van der Waals surface area contributed by atoms with E-state index in [1.165, 1.54) is 0 Å². The molecular formula is C13H18N2O2. The van der Waals surface area contributed by atoms with Crippen LogP contribution in [-0.2, 0) is 6.54 Å². The third-order valence-corrected chi connectivity index (χ3v) is 3.10. The number of rotatable bonds is 3. The van der Waals surface area contributed by atoms with Crippen molar-refractivity contribution < 1.29 is 9.90 Å². The first-order valence-corrected chi connectivity index (χ1v) is 5.93. The van der Waals surface area contributed by atoms with Gasteiger partial charge in [0.2, 0.25) is 0 Å². The van der Waals surface area contributed by atoms with Gasteiger partial charge in [0.1, 0.15) is 0 Å². The van der Waals surface area contributed by atoms with Crippen LogP contribution in [0.1, 0.15) is 21.5 Å². The number of benzene rings is 1. The number of aromatic carboxylic acids is 1. The normalized spacial score (nSPS) is 17.0. The minimum atomic E-state index is -0.834. The summed E-state index contributed by atoms with van der Waals surface area (Å²) in [5, 5.41) is 12.5. The summed E-state index contributed by atoms with van der Waals surface area (Å²) in [6.45, 7) is 6.56.